The Hall–Kier alpha value is -0.400. The topological polar surface area (TPSA) is 173 Å². The van der Waals surface area contributed by atoms with Gasteiger partial charge in [-0.15, -0.1) is 0 Å². The largest absolute Gasteiger partial charge is 0.391 e. The Morgan fingerprint density at radius 1 is 1.15 bits per heavy atom. The van der Waals surface area contributed by atoms with E-state index in [4.69, 9.17) is 25.7 Å². The summed E-state index contributed by atoms with van der Waals surface area (Å²) in [7, 11) is 1.51. The summed E-state index contributed by atoms with van der Waals surface area (Å²) in [6, 6.07) is -1.71. The second kappa shape index (κ2) is 9.88. The van der Waals surface area contributed by atoms with Crippen LogP contribution >= 0.6 is 0 Å². The maximum atomic E-state index is 10.8. The first kappa shape index (κ1) is 22.9. The Bertz CT molecular complexity index is 458. The first-order valence-corrected chi connectivity index (χ1v) is 9.53. The molecule has 0 radical (unpaired) electrons. The van der Waals surface area contributed by atoms with Crippen LogP contribution in [0.3, 0.4) is 0 Å². The summed E-state index contributed by atoms with van der Waals surface area (Å²) in [4.78, 5) is 0. The molecule has 10 nitrogen and oxygen atoms in total. The van der Waals surface area contributed by atoms with Crippen molar-refractivity contribution in [1.29, 1.82) is 0 Å². The van der Waals surface area contributed by atoms with Crippen molar-refractivity contribution in [3.05, 3.63) is 0 Å². The molecule has 10 heteroatoms. The molecule has 1 aliphatic carbocycles. The maximum Gasteiger partial charge on any atom is 0.176 e. The van der Waals surface area contributed by atoms with Gasteiger partial charge in [-0.05, 0) is 26.3 Å². The molecule has 0 bridgehead atoms. The minimum Gasteiger partial charge on any atom is -0.391 e. The number of hydrogen-bond donors (Lipinski definition) is 7. The van der Waals surface area contributed by atoms with E-state index in [9.17, 15) is 20.4 Å². The van der Waals surface area contributed by atoms with E-state index in [1.807, 2.05) is 6.92 Å². The molecule has 27 heavy (non-hydrogen) atoms. The first-order valence-electron chi connectivity index (χ1n) is 9.53. The summed E-state index contributed by atoms with van der Waals surface area (Å²) in [6.07, 6.45) is -6.95. The minimum absolute atomic E-state index is 0.127. The summed E-state index contributed by atoms with van der Waals surface area (Å²) in [5, 5.41) is 44.0. The number of methoxy groups -OCH3 is 1. The van der Waals surface area contributed by atoms with Crippen molar-refractivity contribution in [2.75, 3.05) is 13.7 Å². The van der Waals surface area contributed by atoms with Crippen LogP contribution in [0.1, 0.15) is 26.7 Å². The van der Waals surface area contributed by atoms with E-state index in [1.54, 1.807) is 0 Å². The lowest BCUT2D eigenvalue weighted by Crippen LogP contribution is -2.68. The van der Waals surface area contributed by atoms with Gasteiger partial charge in [-0.2, -0.15) is 0 Å². The van der Waals surface area contributed by atoms with Crippen molar-refractivity contribution in [1.82, 2.24) is 5.32 Å². The molecule has 1 saturated carbocycles. The van der Waals surface area contributed by atoms with Gasteiger partial charge in [-0.3, -0.25) is 0 Å². The van der Waals surface area contributed by atoms with E-state index in [2.05, 4.69) is 5.32 Å². The normalized spacial score (nSPS) is 47.0. The van der Waals surface area contributed by atoms with Gasteiger partial charge in [0.2, 0.25) is 0 Å². The van der Waals surface area contributed by atoms with Gasteiger partial charge in [-0.1, -0.05) is 6.92 Å². The van der Waals surface area contributed by atoms with Gasteiger partial charge < -0.3 is 51.4 Å². The smallest absolute Gasteiger partial charge is 0.176 e. The third kappa shape index (κ3) is 4.96. The fourth-order valence-electron chi connectivity index (χ4n) is 3.84. The highest BCUT2D eigenvalue weighted by Crippen LogP contribution is 2.29. The number of ether oxygens (including phenoxy) is 3. The van der Waals surface area contributed by atoms with Crippen LogP contribution in [-0.2, 0) is 14.2 Å². The molecule has 2 rings (SSSR count). The molecule has 0 aromatic rings. The lowest BCUT2D eigenvalue weighted by atomic mass is 9.83. The number of nitrogens with two attached hydrogens (primary N) is 2. The summed E-state index contributed by atoms with van der Waals surface area (Å²) in [5.74, 6) is 0. The Labute approximate surface area is 159 Å². The van der Waals surface area contributed by atoms with Gasteiger partial charge in [0.05, 0.1) is 12.1 Å². The molecule has 1 heterocycles. The molecule has 0 spiro atoms. The van der Waals surface area contributed by atoms with Gasteiger partial charge in [0, 0.05) is 19.2 Å². The van der Waals surface area contributed by atoms with E-state index >= 15 is 0 Å². The lowest BCUT2D eigenvalue weighted by molar-refractivity contribution is -0.302. The molecule has 0 amide bonds. The second-order valence-corrected chi connectivity index (χ2v) is 7.52. The van der Waals surface area contributed by atoms with E-state index in [0.717, 1.165) is 13.0 Å². The average molecular weight is 393 g/mol. The van der Waals surface area contributed by atoms with E-state index < -0.39 is 61.1 Å². The minimum atomic E-state index is -1.35. The van der Waals surface area contributed by atoms with Crippen LogP contribution in [0.25, 0.3) is 0 Å². The van der Waals surface area contributed by atoms with Crippen molar-refractivity contribution in [3.63, 3.8) is 0 Å². The third-order valence-corrected chi connectivity index (χ3v) is 5.40. The Morgan fingerprint density at radius 3 is 2.37 bits per heavy atom. The highest BCUT2D eigenvalue weighted by Gasteiger charge is 2.49. The zero-order valence-electron chi connectivity index (χ0n) is 16.1. The molecule has 160 valence electrons. The molecular weight excluding hydrogens is 358 g/mol. The predicted octanol–water partition coefficient (Wildman–Crippen LogP) is -3.00. The fraction of sp³-hybridized carbons (Fsp3) is 1.00. The van der Waals surface area contributed by atoms with Crippen LogP contribution in [0.2, 0.25) is 0 Å². The van der Waals surface area contributed by atoms with Crippen molar-refractivity contribution < 1.29 is 34.6 Å². The molecular formula is C17H35N3O7. The van der Waals surface area contributed by atoms with Crippen molar-refractivity contribution in [3.8, 4) is 0 Å². The highest BCUT2D eigenvalue weighted by atomic mass is 16.7. The molecule has 1 aliphatic heterocycles. The molecule has 6 unspecified atom stereocenters. The van der Waals surface area contributed by atoms with Crippen molar-refractivity contribution in [2.45, 2.75) is 93.8 Å². The van der Waals surface area contributed by atoms with Crippen molar-refractivity contribution >= 4 is 0 Å². The monoisotopic (exact) mass is 393 g/mol. The third-order valence-electron chi connectivity index (χ3n) is 5.40. The summed E-state index contributed by atoms with van der Waals surface area (Å²) in [5.41, 5.74) is 12.2. The Balaban J connectivity index is 2.10. The second-order valence-electron chi connectivity index (χ2n) is 7.52. The lowest BCUT2D eigenvalue weighted by Gasteiger charge is -2.47. The highest BCUT2D eigenvalue weighted by molar-refractivity contribution is 5.01. The van der Waals surface area contributed by atoms with E-state index in [1.165, 1.54) is 14.0 Å². The van der Waals surface area contributed by atoms with E-state index in [-0.39, 0.29) is 6.04 Å². The van der Waals surface area contributed by atoms with Gasteiger partial charge in [0.15, 0.2) is 6.29 Å². The summed E-state index contributed by atoms with van der Waals surface area (Å²) in [6.45, 7) is 4.24. The SMILES string of the molecule is CCCNC1CC(N)[C@@H](O[C@H]2OC(C(C)O)[C@H](O)C(O)[C@@H]2N)C(O)[C@@H]1OC. The summed E-state index contributed by atoms with van der Waals surface area (Å²) >= 11 is 0. The van der Waals surface area contributed by atoms with Crippen LogP contribution in [0, 0.1) is 0 Å². The number of rotatable bonds is 7. The van der Waals surface area contributed by atoms with Crippen LogP contribution in [0.15, 0.2) is 0 Å². The van der Waals surface area contributed by atoms with Gasteiger partial charge >= 0.3 is 0 Å². The van der Waals surface area contributed by atoms with Gasteiger partial charge in [-0.25, -0.2) is 0 Å². The molecule has 0 aromatic carbocycles. The molecule has 9 N–H and O–H groups in total. The van der Waals surface area contributed by atoms with Crippen LogP contribution < -0.4 is 16.8 Å². The quantitative estimate of drug-likeness (QED) is 0.236. The number of aliphatic hydroxyl groups excluding tert-OH is 4. The zero-order chi connectivity index (χ0) is 20.3. The number of nitrogens with one attached hydrogen (secondary N) is 1. The predicted molar refractivity (Wildman–Crippen MR) is 96.7 cm³/mol. The Morgan fingerprint density at radius 2 is 1.81 bits per heavy atom. The van der Waals surface area contributed by atoms with E-state index in [0.29, 0.717) is 6.42 Å². The number of aliphatic hydroxyl groups is 4. The van der Waals surface area contributed by atoms with Gasteiger partial charge in [0.25, 0.3) is 0 Å². The van der Waals surface area contributed by atoms with Crippen LogP contribution in [0.4, 0.5) is 0 Å². The molecule has 0 aromatic heterocycles. The standard InChI is InChI=1S/C17H35N3O7/c1-4-5-20-9-6-8(18)15(13(24)16(9)25-3)27-17-10(19)11(22)12(23)14(26-17)7(2)21/h7-17,20-24H,4-6,18-19H2,1-3H3/t7?,8?,9?,10-,11?,12+,13?,14?,15+,16+,17+/m0/s1. The molecule has 2 aliphatic rings. The summed E-state index contributed by atoms with van der Waals surface area (Å²) < 4.78 is 16.9. The van der Waals surface area contributed by atoms with Crippen molar-refractivity contribution in [2.24, 2.45) is 11.5 Å². The first-order chi connectivity index (χ1) is 12.7. The fourth-order valence-corrected chi connectivity index (χ4v) is 3.84. The van der Waals surface area contributed by atoms with Crippen LogP contribution in [0.5, 0.6) is 0 Å². The average Bonchev–Trinajstić information content (AvgIpc) is 2.62. The van der Waals surface area contributed by atoms with Crippen LogP contribution in [-0.4, -0.2) is 101 Å². The molecule has 11 atom stereocenters. The zero-order valence-corrected chi connectivity index (χ0v) is 16.1. The number of hydrogen-bond acceptors (Lipinski definition) is 10. The van der Waals surface area contributed by atoms with Gasteiger partial charge in [0.1, 0.15) is 36.6 Å². The molecule has 1 saturated heterocycles. The Kier molecular flexibility index (Phi) is 8.37. The molecule has 2 fully saturated rings. The maximum absolute atomic E-state index is 10.8.